The molecule has 0 spiro atoms. The number of nitrogens with one attached hydrogen (secondary N) is 1. The Balaban J connectivity index is 1.74. The van der Waals surface area contributed by atoms with Crippen LogP contribution in [0.25, 0.3) is 21.9 Å². The Hall–Kier alpha value is -3.26. The number of aryl methyl sites for hydroxylation is 1. The van der Waals surface area contributed by atoms with Gasteiger partial charge in [0, 0.05) is 24.7 Å². The van der Waals surface area contributed by atoms with Crippen molar-refractivity contribution in [2.24, 2.45) is 7.05 Å². The number of methoxy groups -OCH3 is 1. The van der Waals surface area contributed by atoms with Gasteiger partial charge in [0.1, 0.15) is 16.8 Å². The second-order valence-electron chi connectivity index (χ2n) is 7.19. The van der Waals surface area contributed by atoms with Gasteiger partial charge in [-0.2, -0.15) is 0 Å². The predicted octanol–water partition coefficient (Wildman–Crippen LogP) is 4.04. The SMILES string of the molecule is CCCn1c(SCC(=O)Nc2ccccc2)nc2c3cc(OC)ccc3n(C)c2c1=O. The van der Waals surface area contributed by atoms with E-state index in [0.29, 0.717) is 28.5 Å². The number of carbonyl (C=O) groups excluding carboxylic acids is 1. The third-order valence-electron chi connectivity index (χ3n) is 5.10. The first-order valence-corrected chi connectivity index (χ1v) is 11.1. The molecule has 0 saturated heterocycles. The molecule has 31 heavy (non-hydrogen) atoms. The van der Waals surface area contributed by atoms with E-state index >= 15 is 0 Å². The second-order valence-corrected chi connectivity index (χ2v) is 8.14. The number of fused-ring (bicyclic) bond motifs is 3. The van der Waals surface area contributed by atoms with E-state index in [4.69, 9.17) is 9.72 Å². The summed E-state index contributed by atoms with van der Waals surface area (Å²) in [7, 11) is 3.48. The molecule has 1 amide bonds. The normalized spacial score (nSPS) is 11.2. The fourth-order valence-electron chi connectivity index (χ4n) is 3.64. The van der Waals surface area contributed by atoms with E-state index in [0.717, 1.165) is 23.0 Å². The summed E-state index contributed by atoms with van der Waals surface area (Å²) in [5, 5.41) is 4.26. The van der Waals surface area contributed by atoms with E-state index in [1.165, 1.54) is 11.8 Å². The fourth-order valence-corrected chi connectivity index (χ4v) is 4.46. The number of thioether (sulfide) groups is 1. The van der Waals surface area contributed by atoms with Crippen LogP contribution in [0.1, 0.15) is 13.3 Å². The maximum absolute atomic E-state index is 13.4. The van der Waals surface area contributed by atoms with Crippen molar-refractivity contribution in [2.45, 2.75) is 25.0 Å². The predicted molar refractivity (Wildman–Crippen MR) is 125 cm³/mol. The molecule has 8 heteroatoms. The Morgan fingerprint density at radius 1 is 1.19 bits per heavy atom. The van der Waals surface area contributed by atoms with Crippen LogP contribution in [0.4, 0.5) is 5.69 Å². The summed E-state index contributed by atoms with van der Waals surface area (Å²) >= 11 is 1.27. The van der Waals surface area contributed by atoms with Crippen molar-refractivity contribution in [3.8, 4) is 5.75 Å². The zero-order valence-electron chi connectivity index (χ0n) is 17.7. The Labute approximate surface area is 184 Å². The zero-order valence-corrected chi connectivity index (χ0v) is 18.5. The number of anilines is 1. The minimum Gasteiger partial charge on any atom is -0.497 e. The van der Waals surface area contributed by atoms with Crippen LogP contribution in [0.2, 0.25) is 0 Å². The van der Waals surface area contributed by atoms with Gasteiger partial charge in [-0.05, 0) is 36.8 Å². The van der Waals surface area contributed by atoms with E-state index in [1.807, 2.05) is 67.1 Å². The molecular formula is C23H24N4O3S. The number of benzene rings is 2. The molecule has 0 fully saturated rings. The molecule has 0 saturated carbocycles. The van der Waals surface area contributed by atoms with Crippen LogP contribution in [0, 0.1) is 0 Å². The van der Waals surface area contributed by atoms with Crippen molar-refractivity contribution in [3.63, 3.8) is 0 Å². The molecular weight excluding hydrogens is 412 g/mol. The fraction of sp³-hybridized carbons (Fsp3) is 0.261. The van der Waals surface area contributed by atoms with Crippen molar-refractivity contribution in [2.75, 3.05) is 18.2 Å². The van der Waals surface area contributed by atoms with E-state index in [2.05, 4.69) is 5.32 Å². The summed E-state index contributed by atoms with van der Waals surface area (Å²) in [6.07, 6.45) is 0.786. The number of nitrogens with zero attached hydrogens (tertiary/aromatic N) is 3. The van der Waals surface area contributed by atoms with Gasteiger partial charge in [0.25, 0.3) is 5.56 Å². The first kappa shape index (κ1) is 21.0. The standard InChI is InChI=1S/C23H24N4O3S/c1-4-12-27-22(29)21-20(17-13-16(30-3)10-11-18(17)26(21)2)25-23(27)31-14-19(28)24-15-8-6-5-7-9-15/h5-11,13H,4,12,14H2,1-3H3,(H,24,28). The highest BCUT2D eigenvalue weighted by Crippen LogP contribution is 2.30. The Kier molecular flexibility index (Phi) is 5.99. The second kappa shape index (κ2) is 8.85. The van der Waals surface area contributed by atoms with E-state index in [1.54, 1.807) is 11.7 Å². The Bertz CT molecular complexity index is 1310. The van der Waals surface area contributed by atoms with Crippen molar-refractivity contribution in [1.29, 1.82) is 0 Å². The number of aromatic nitrogens is 3. The summed E-state index contributed by atoms with van der Waals surface area (Å²) in [6, 6.07) is 15.0. The van der Waals surface area contributed by atoms with E-state index in [-0.39, 0.29) is 17.2 Å². The molecule has 0 aliphatic heterocycles. The average Bonchev–Trinajstić information content (AvgIpc) is 3.06. The van der Waals surface area contributed by atoms with E-state index < -0.39 is 0 Å². The molecule has 0 aliphatic carbocycles. The molecule has 0 aliphatic rings. The largest absolute Gasteiger partial charge is 0.497 e. The molecule has 160 valence electrons. The van der Waals surface area contributed by atoms with Gasteiger partial charge in [-0.15, -0.1) is 0 Å². The van der Waals surface area contributed by atoms with Gasteiger partial charge < -0.3 is 14.6 Å². The molecule has 0 unspecified atom stereocenters. The molecule has 0 bridgehead atoms. The minimum absolute atomic E-state index is 0.101. The van der Waals surface area contributed by atoms with Gasteiger partial charge in [-0.1, -0.05) is 36.9 Å². The highest BCUT2D eigenvalue weighted by Gasteiger charge is 2.19. The molecule has 2 heterocycles. The summed E-state index contributed by atoms with van der Waals surface area (Å²) in [5.41, 5.74) is 2.72. The lowest BCUT2D eigenvalue weighted by Gasteiger charge is -2.12. The number of rotatable bonds is 7. The lowest BCUT2D eigenvalue weighted by molar-refractivity contribution is -0.113. The van der Waals surface area contributed by atoms with Crippen LogP contribution in [-0.2, 0) is 18.4 Å². The molecule has 4 rings (SSSR count). The third-order valence-corrected chi connectivity index (χ3v) is 6.08. The summed E-state index contributed by atoms with van der Waals surface area (Å²) in [6.45, 7) is 2.55. The molecule has 2 aromatic carbocycles. The van der Waals surface area contributed by atoms with Crippen molar-refractivity contribution in [3.05, 3.63) is 58.9 Å². The molecule has 1 N–H and O–H groups in total. The molecule has 0 radical (unpaired) electrons. The molecule has 2 aromatic heterocycles. The number of carbonyl (C=O) groups is 1. The maximum atomic E-state index is 13.4. The number of para-hydroxylation sites is 1. The van der Waals surface area contributed by atoms with Crippen molar-refractivity contribution in [1.82, 2.24) is 14.1 Å². The highest BCUT2D eigenvalue weighted by molar-refractivity contribution is 7.99. The van der Waals surface area contributed by atoms with Gasteiger partial charge >= 0.3 is 0 Å². The van der Waals surface area contributed by atoms with Gasteiger partial charge in [-0.25, -0.2) is 4.98 Å². The zero-order chi connectivity index (χ0) is 22.0. The van der Waals surface area contributed by atoms with Crippen LogP contribution < -0.4 is 15.6 Å². The monoisotopic (exact) mass is 436 g/mol. The maximum Gasteiger partial charge on any atom is 0.278 e. The minimum atomic E-state index is -0.145. The van der Waals surface area contributed by atoms with Crippen LogP contribution in [0.5, 0.6) is 5.75 Å². The van der Waals surface area contributed by atoms with Gasteiger partial charge in [0.15, 0.2) is 5.16 Å². The number of hydrogen-bond donors (Lipinski definition) is 1. The number of amides is 1. The first-order valence-electron chi connectivity index (χ1n) is 10.1. The quantitative estimate of drug-likeness (QED) is 0.349. The Morgan fingerprint density at radius 3 is 2.68 bits per heavy atom. The topological polar surface area (TPSA) is 78.2 Å². The third kappa shape index (κ3) is 4.03. The van der Waals surface area contributed by atoms with Crippen molar-refractivity contribution >= 4 is 45.3 Å². The Morgan fingerprint density at radius 2 is 1.97 bits per heavy atom. The summed E-state index contributed by atoms with van der Waals surface area (Å²) in [4.78, 5) is 30.6. The number of hydrogen-bond acceptors (Lipinski definition) is 5. The number of ether oxygens (including phenoxy) is 1. The van der Waals surface area contributed by atoms with Crippen LogP contribution in [-0.4, -0.2) is 32.9 Å². The molecule has 4 aromatic rings. The van der Waals surface area contributed by atoms with Gasteiger partial charge in [0.05, 0.1) is 18.4 Å². The van der Waals surface area contributed by atoms with Gasteiger partial charge in [0.2, 0.25) is 5.91 Å². The van der Waals surface area contributed by atoms with Crippen LogP contribution in [0.15, 0.2) is 58.5 Å². The van der Waals surface area contributed by atoms with Crippen molar-refractivity contribution < 1.29 is 9.53 Å². The molecule has 0 atom stereocenters. The van der Waals surface area contributed by atoms with E-state index in [9.17, 15) is 9.59 Å². The lowest BCUT2D eigenvalue weighted by atomic mass is 10.2. The average molecular weight is 437 g/mol. The van der Waals surface area contributed by atoms with Crippen LogP contribution in [0.3, 0.4) is 0 Å². The molecule has 7 nitrogen and oxygen atoms in total. The smallest absolute Gasteiger partial charge is 0.278 e. The first-order chi connectivity index (χ1) is 15.0. The van der Waals surface area contributed by atoms with Gasteiger partial charge in [-0.3, -0.25) is 14.2 Å². The highest BCUT2D eigenvalue weighted by atomic mass is 32.2. The summed E-state index contributed by atoms with van der Waals surface area (Å²) in [5.74, 6) is 0.717. The van der Waals surface area contributed by atoms with Crippen LogP contribution >= 0.6 is 11.8 Å². The lowest BCUT2D eigenvalue weighted by Crippen LogP contribution is -2.25. The summed E-state index contributed by atoms with van der Waals surface area (Å²) < 4.78 is 8.90.